The summed E-state index contributed by atoms with van der Waals surface area (Å²) >= 11 is 0. The van der Waals surface area contributed by atoms with Crippen LogP contribution >= 0.6 is 0 Å². The molecular formula is C11H16O3Si. The Labute approximate surface area is 91.1 Å². The molecule has 15 heavy (non-hydrogen) atoms. The van der Waals surface area contributed by atoms with Crippen LogP contribution in [0.15, 0.2) is 18.2 Å². The summed E-state index contributed by atoms with van der Waals surface area (Å²) < 4.78 is 11.0. The van der Waals surface area contributed by atoms with Crippen molar-refractivity contribution in [2.45, 2.75) is 19.6 Å². The first-order chi connectivity index (χ1) is 6.98. The zero-order valence-electron chi connectivity index (χ0n) is 9.53. The van der Waals surface area contributed by atoms with Crippen molar-refractivity contribution in [3.63, 3.8) is 0 Å². The molecule has 0 saturated heterocycles. The second-order valence-electron chi connectivity index (χ2n) is 4.21. The molecule has 0 aliphatic carbocycles. The predicted molar refractivity (Wildman–Crippen MR) is 62.4 cm³/mol. The molecule has 4 heteroatoms. The molecule has 0 aliphatic rings. The molecule has 0 spiro atoms. The average molecular weight is 224 g/mol. The second-order valence-corrected chi connectivity index (χ2v) is 8.64. The number of aldehydes is 1. The summed E-state index contributed by atoms with van der Waals surface area (Å²) in [6.07, 6.45) is 0.790. The lowest BCUT2D eigenvalue weighted by Gasteiger charge is -2.22. The Balaban J connectivity index is 3.16. The van der Waals surface area contributed by atoms with Crippen molar-refractivity contribution in [2.75, 3.05) is 7.11 Å². The van der Waals surface area contributed by atoms with Gasteiger partial charge in [-0.1, -0.05) is 6.07 Å². The Hall–Kier alpha value is -1.29. The Morgan fingerprint density at radius 3 is 2.40 bits per heavy atom. The Kier molecular flexibility index (Phi) is 3.52. The van der Waals surface area contributed by atoms with Crippen molar-refractivity contribution < 1.29 is 14.0 Å². The van der Waals surface area contributed by atoms with Gasteiger partial charge in [0.25, 0.3) is 0 Å². The maximum atomic E-state index is 10.9. The van der Waals surface area contributed by atoms with E-state index in [2.05, 4.69) is 19.6 Å². The molecule has 0 aromatic heterocycles. The highest BCUT2D eigenvalue weighted by Gasteiger charge is 2.20. The monoisotopic (exact) mass is 224 g/mol. The maximum absolute atomic E-state index is 10.9. The van der Waals surface area contributed by atoms with E-state index in [9.17, 15) is 4.79 Å². The second kappa shape index (κ2) is 4.48. The van der Waals surface area contributed by atoms with Crippen LogP contribution in [-0.2, 0) is 0 Å². The smallest absolute Gasteiger partial charge is 0.242 e. The molecule has 82 valence electrons. The molecule has 0 heterocycles. The highest BCUT2D eigenvalue weighted by Crippen LogP contribution is 2.31. The van der Waals surface area contributed by atoms with E-state index in [1.165, 1.54) is 0 Å². The minimum Gasteiger partial charge on any atom is -0.541 e. The van der Waals surface area contributed by atoms with Gasteiger partial charge in [-0.2, -0.15) is 0 Å². The van der Waals surface area contributed by atoms with E-state index in [-0.39, 0.29) is 0 Å². The van der Waals surface area contributed by atoms with E-state index >= 15 is 0 Å². The summed E-state index contributed by atoms with van der Waals surface area (Å²) in [5.41, 5.74) is 0.539. The Bertz CT molecular complexity index is 355. The molecule has 0 N–H and O–H groups in total. The summed E-state index contributed by atoms with van der Waals surface area (Å²) in [5.74, 6) is 1.18. The van der Waals surface area contributed by atoms with Crippen LogP contribution in [0.2, 0.25) is 19.6 Å². The summed E-state index contributed by atoms with van der Waals surface area (Å²) in [6, 6.07) is 5.30. The van der Waals surface area contributed by atoms with Crippen LogP contribution in [0.1, 0.15) is 10.4 Å². The normalized spacial score (nSPS) is 10.9. The topological polar surface area (TPSA) is 35.5 Å². The van der Waals surface area contributed by atoms with Crippen LogP contribution in [0, 0.1) is 0 Å². The minimum atomic E-state index is -1.73. The van der Waals surface area contributed by atoms with Gasteiger partial charge in [0.1, 0.15) is 0 Å². The van der Waals surface area contributed by atoms with Crippen molar-refractivity contribution in [3.8, 4) is 11.5 Å². The quantitative estimate of drug-likeness (QED) is 0.582. The molecule has 1 rings (SSSR count). The number of carbonyl (C=O) groups is 1. The van der Waals surface area contributed by atoms with Gasteiger partial charge in [0, 0.05) is 0 Å². The third kappa shape index (κ3) is 3.09. The fourth-order valence-corrected chi connectivity index (χ4v) is 2.03. The number of para-hydroxylation sites is 1. The lowest BCUT2D eigenvalue weighted by atomic mass is 10.2. The Morgan fingerprint density at radius 2 is 1.93 bits per heavy atom. The van der Waals surface area contributed by atoms with Crippen LogP contribution < -0.4 is 9.16 Å². The fourth-order valence-electron chi connectivity index (χ4n) is 1.20. The van der Waals surface area contributed by atoms with Gasteiger partial charge < -0.3 is 9.16 Å². The van der Waals surface area contributed by atoms with Gasteiger partial charge in [-0.15, -0.1) is 0 Å². The van der Waals surface area contributed by atoms with Crippen molar-refractivity contribution in [2.24, 2.45) is 0 Å². The third-order valence-electron chi connectivity index (χ3n) is 1.76. The largest absolute Gasteiger partial charge is 0.541 e. The van der Waals surface area contributed by atoms with Crippen LogP contribution in [-0.4, -0.2) is 21.7 Å². The minimum absolute atomic E-state index is 0.539. The fraction of sp³-hybridized carbons (Fsp3) is 0.364. The summed E-state index contributed by atoms with van der Waals surface area (Å²) in [4.78, 5) is 10.9. The third-order valence-corrected chi connectivity index (χ3v) is 2.58. The Morgan fingerprint density at radius 1 is 1.27 bits per heavy atom. The molecule has 0 atom stereocenters. The highest BCUT2D eigenvalue weighted by molar-refractivity contribution is 6.70. The van der Waals surface area contributed by atoms with Gasteiger partial charge in [-0.05, 0) is 31.8 Å². The van der Waals surface area contributed by atoms with E-state index < -0.39 is 8.32 Å². The van der Waals surface area contributed by atoms with Gasteiger partial charge in [0.15, 0.2) is 17.8 Å². The molecular weight excluding hydrogens is 208 g/mol. The average Bonchev–Trinajstić information content (AvgIpc) is 2.16. The van der Waals surface area contributed by atoms with E-state index in [1.54, 1.807) is 25.3 Å². The maximum Gasteiger partial charge on any atom is 0.242 e. The molecule has 3 nitrogen and oxygen atoms in total. The number of benzene rings is 1. The SMILES string of the molecule is COc1cccc(C=O)c1O[Si](C)(C)C. The van der Waals surface area contributed by atoms with E-state index in [0.717, 1.165) is 6.29 Å². The summed E-state index contributed by atoms with van der Waals surface area (Å²) in [6.45, 7) is 6.19. The van der Waals surface area contributed by atoms with E-state index in [0.29, 0.717) is 17.1 Å². The molecule has 0 saturated carbocycles. The van der Waals surface area contributed by atoms with Crippen LogP contribution in [0.3, 0.4) is 0 Å². The predicted octanol–water partition coefficient (Wildman–Crippen LogP) is 2.72. The first-order valence-electron chi connectivity index (χ1n) is 4.79. The van der Waals surface area contributed by atoms with Crippen LogP contribution in [0.25, 0.3) is 0 Å². The van der Waals surface area contributed by atoms with Gasteiger partial charge in [-0.3, -0.25) is 4.79 Å². The standard InChI is InChI=1S/C11H16O3Si/c1-13-10-7-5-6-9(8-12)11(10)14-15(2,3)4/h5-8H,1-4H3. The molecule has 1 aromatic rings. The number of ether oxygens (including phenoxy) is 1. The lowest BCUT2D eigenvalue weighted by molar-refractivity contribution is 0.112. The van der Waals surface area contributed by atoms with E-state index in [1.807, 2.05) is 0 Å². The van der Waals surface area contributed by atoms with Crippen molar-refractivity contribution in [1.29, 1.82) is 0 Å². The molecule has 0 amide bonds. The van der Waals surface area contributed by atoms with Crippen LogP contribution in [0.4, 0.5) is 0 Å². The number of carbonyl (C=O) groups excluding carboxylic acids is 1. The molecule has 0 bridgehead atoms. The summed E-state index contributed by atoms with van der Waals surface area (Å²) in [7, 11) is -0.162. The van der Waals surface area contributed by atoms with Crippen molar-refractivity contribution in [1.82, 2.24) is 0 Å². The highest BCUT2D eigenvalue weighted by atomic mass is 28.4. The zero-order chi connectivity index (χ0) is 11.5. The number of methoxy groups -OCH3 is 1. The molecule has 0 radical (unpaired) electrons. The van der Waals surface area contributed by atoms with Crippen molar-refractivity contribution >= 4 is 14.6 Å². The molecule has 0 unspecified atom stereocenters. The number of hydrogen-bond acceptors (Lipinski definition) is 3. The lowest BCUT2D eigenvalue weighted by Crippen LogP contribution is -2.30. The molecule has 0 fully saturated rings. The molecule has 1 aromatic carbocycles. The van der Waals surface area contributed by atoms with Crippen molar-refractivity contribution in [3.05, 3.63) is 23.8 Å². The van der Waals surface area contributed by atoms with Gasteiger partial charge in [0.05, 0.1) is 12.7 Å². The number of hydrogen-bond donors (Lipinski definition) is 0. The van der Waals surface area contributed by atoms with Gasteiger partial charge >= 0.3 is 0 Å². The van der Waals surface area contributed by atoms with Gasteiger partial charge in [-0.25, -0.2) is 0 Å². The summed E-state index contributed by atoms with van der Waals surface area (Å²) in [5, 5.41) is 0. The number of rotatable bonds is 4. The first-order valence-corrected chi connectivity index (χ1v) is 8.20. The van der Waals surface area contributed by atoms with Gasteiger partial charge in [0.2, 0.25) is 8.32 Å². The zero-order valence-corrected chi connectivity index (χ0v) is 10.5. The van der Waals surface area contributed by atoms with Crippen LogP contribution in [0.5, 0.6) is 11.5 Å². The van der Waals surface area contributed by atoms with E-state index in [4.69, 9.17) is 9.16 Å². The molecule has 0 aliphatic heterocycles. The first kappa shape index (κ1) is 11.8.